The van der Waals surface area contributed by atoms with Crippen molar-refractivity contribution in [3.8, 4) is 0 Å². The minimum atomic E-state index is -0.420. The molecule has 0 spiro atoms. The van der Waals surface area contributed by atoms with Gasteiger partial charge in [-0.15, -0.1) is 0 Å². The number of halogens is 1. The predicted octanol–water partition coefficient (Wildman–Crippen LogP) is 0.480. The molecule has 0 bridgehead atoms. The summed E-state index contributed by atoms with van der Waals surface area (Å²) in [5, 5.41) is 2.55. The number of carbonyl (C=O) groups is 3. The van der Waals surface area contributed by atoms with Gasteiger partial charge in [0.1, 0.15) is 5.82 Å². The largest absolute Gasteiger partial charge is 0.350 e. The number of rotatable bonds is 4. The molecular formula is C13H11FN2O3. The lowest BCUT2D eigenvalue weighted by Gasteiger charge is -2.13. The Morgan fingerprint density at radius 3 is 2.26 bits per heavy atom. The molecule has 19 heavy (non-hydrogen) atoms. The molecule has 1 aromatic rings. The highest BCUT2D eigenvalue weighted by atomic mass is 19.1. The molecule has 6 heteroatoms. The van der Waals surface area contributed by atoms with Crippen LogP contribution >= 0.6 is 0 Å². The van der Waals surface area contributed by atoms with Crippen molar-refractivity contribution in [1.29, 1.82) is 0 Å². The standard InChI is InChI=1S/C13H11FN2O3/c14-10-3-1-9(2-4-10)13(19)15-7-8-16-11(17)5-6-12(16)18/h1-6H,7-8H2,(H,15,19). The van der Waals surface area contributed by atoms with Gasteiger partial charge in [-0.3, -0.25) is 19.3 Å². The Kier molecular flexibility index (Phi) is 3.70. The molecule has 1 aliphatic rings. The molecule has 1 heterocycles. The second kappa shape index (κ2) is 5.43. The number of hydrogen-bond donors (Lipinski definition) is 1. The zero-order chi connectivity index (χ0) is 13.8. The molecule has 2 rings (SSSR count). The van der Waals surface area contributed by atoms with E-state index in [2.05, 4.69) is 5.32 Å². The highest BCUT2D eigenvalue weighted by molar-refractivity contribution is 6.12. The van der Waals surface area contributed by atoms with Gasteiger partial charge in [0.2, 0.25) is 0 Å². The Morgan fingerprint density at radius 1 is 1.11 bits per heavy atom. The number of benzene rings is 1. The maximum absolute atomic E-state index is 12.7. The van der Waals surface area contributed by atoms with Crippen molar-refractivity contribution in [1.82, 2.24) is 10.2 Å². The van der Waals surface area contributed by atoms with Crippen LogP contribution in [0.15, 0.2) is 36.4 Å². The number of nitrogens with zero attached hydrogens (tertiary/aromatic N) is 1. The van der Waals surface area contributed by atoms with Crippen LogP contribution in [0.5, 0.6) is 0 Å². The Hall–Kier alpha value is -2.50. The minimum absolute atomic E-state index is 0.109. The first-order chi connectivity index (χ1) is 9.08. The summed E-state index contributed by atoms with van der Waals surface area (Å²) in [6, 6.07) is 5.09. The fourth-order valence-corrected chi connectivity index (χ4v) is 1.64. The Morgan fingerprint density at radius 2 is 1.68 bits per heavy atom. The minimum Gasteiger partial charge on any atom is -0.350 e. The summed E-state index contributed by atoms with van der Waals surface area (Å²) in [6.07, 6.45) is 2.37. The van der Waals surface area contributed by atoms with E-state index in [0.717, 1.165) is 4.90 Å². The van der Waals surface area contributed by atoms with Crippen LogP contribution in [-0.2, 0) is 9.59 Å². The SMILES string of the molecule is O=C(NCCN1C(=O)C=CC1=O)c1ccc(F)cc1. The summed E-state index contributed by atoms with van der Waals surface area (Å²) < 4.78 is 12.7. The van der Waals surface area contributed by atoms with Crippen LogP contribution in [0.4, 0.5) is 4.39 Å². The molecular weight excluding hydrogens is 251 g/mol. The summed E-state index contributed by atoms with van der Waals surface area (Å²) in [5.74, 6) is -1.58. The van der Waals surface area contributed by atoms with Crippen LogP contribution in [0.3, 0.4) is 0 Å². The van der Waals surface area contributed by atoms with Gasteiger partial charge in [0.15, 0.2) is 0 Å². The van der Waals surface area contributed by atoms with Gasteiger partial charge in [-0.1, -0.05) is 0 Å². The molecule has 0 fully saturated rings. The van der Waals surface area contributed by atoms with Crippen molar-refractivity contribution in [2.75, 3.05) is 13.1 Å². The molecule has 5 nitrogen and oxygen atoms in total. The monoisotopic (exact) mass is 262 g/mol. The number of amides is 3. The van der Waals surface area contributed by atoms with Crippen LogP contribution < -0.4 is 5.32 Å². The third kappa shape index (κ3) is 3.04. The third-order valence-electron chi connectivity index (χ3n) is 2.63. The van der Waals surface area contributed by atoms with E-state index in [-0.39, 0.29) is 30.8 Å². The lowest BCUT2D eigenvalue weighted by atomic mass is 10.2. The zero-order valence-electron chi connectivity index (χ0n) is 9.93. The van der Waals surface area contributed by atoms with Crippen molar-refractivity contribution in [3.63, 3.8) is 0 Å². The van der Waals surface area contributed by atoms with Crippen molar-refractivity contribution in [2.45, 2.75) is 0 Å². The zero-order valence-corrected chi connectivity index (χ0v) is 9.93. The van der Waals surface area contributed by atoms with E-state index < -0.39 is 5.82 Å². The second-order valence-corrected chi connectivity index (χ2v) is 3.92. The third-order valence-corrected chi connectivity index (χ3v) is 2.63. The van der Waals surface area contributed by atoms with Gasteiger partial charge >= 0.3 is 0 Å². The van der Waals surface area contributed by atoms with Crippen LogP contribution in [0.2, 0.25) is 0 Å². The van der Waals surface area contributed by atoms with Crippen LogP contribution in [0.25, 0.3) is 0 Å². The van der Waals surface area contributed by atoms with Crippen molar-refractivity contribution >= 4 is 17.7 Å². The first kappa shape index (κ1) is 12.9. The van der Waals surface area contributed by atoms with E-state index in [4.69, 9.17) is 0 Å². The van der Waals surface area contributed by atoms with E-state index in [0.29, 0.717) is 5.56 Å². The highest BCUT2D eigenvalue weighted by Crippen LogP contribution is 2.03. The molecule has 1 N–H and O–H groups in total. The van der Waals surface area contributed by atoms with Crippen LogP contribution in [-0.4, -0.2) is 35.7 Å². The summed E-state index contributed by atoms with van der Waals surface area (Å²) >= 11 is 0. The number of carbonyl (C=O) groups excluding carboxylic acids is 3. The molecule has 98 valence electrons. The van der Waals surface area contributed by atoms with Gasteiger partial charge < -0.3 is 5.32 Å². The molecule has 0 radical (unpaired) electrons. The Balaban J connectivity index is 1.83. The quantitative estimate of drug-likeness (QED) is 0.803. The van der Waals surface area contributed by atoms with Gasteiger partial charge in [0, 0.05) is 30.8 Å². The maximum atomic E-state index is 12.7. The molecule has 3 amide bonds. The smallest absolute Gasteiger partial charge is 0.253 e. The first-order valence-corrected chi connectivity index (χ1v) is 5.65. The molecule has 0 unspecified atom stereocenters. The molecule has 1 aliphatic heterocycles. The van der Waals surface area contributed by atoms with E-state index in [1.165, 1.54) is 36.4 Å². The molecule has 0 saturated carbocycles. The van der Waals surface area contributed by atoms with E-state index >= 15 is 0 Å². The van der Waals surface area contributed by atoms with Crippen LogP contribution in [0.1, 0.15) is 10.4 Å². The fraction of sp³-hybridized carbons (Fsp3) is 0.154. The van der Waals surface area contributed by atoms with Gasteiger partial charge in [0.25, 0.3) is 17.7 Å². The molecule has 0 saturated heterocycles. The topological polar surface area (TPSA) is 66.5 Å². The molecule has 0 aromatic heterocycles. The molecule has 1 aromatic carbocycles. The van der Waals surface area contributed by atoms with Gasteiger partial charge in [-0.05, 0) is 24.3 Å². The van der Waals surface area contributed by atoms with Crippen molar-refractivity contribution in [2.24, 2.45) is 0 Å². The van der Waals surface area contributed by atoms with Gasteiger partial charge in [-0.2, -0.15) is 0 Å². The van der Waals surface area contributed by atoms with Crippen molar-refractivity contribution < 1.29 is 18.8 Å². The van der Waals surface area contributed by atoms with E-state index in [9.17, 15) is 18.8 Å². The summed E-state index contributed by atoms with van der Waals surface area (Å²) in [4.78, 5) is 35.2. The van der Waals surface area contributed by atoms with Crippen LogP contribution in [0, 0.1) is 5.82 Å². The number of nitrogens with one attached hydrogen (secondary N) is 1. The van der Waals surface area contributed by atoms with Crippen molar-refractivity contribution in [3.05, 3.63) is 47.8 Å². The van der Waals surface area contributed by atoms with Gasteiger partial charge in [-0.25, -0.2) is 4.39 Å². The molecule has 0 atom stereocenters. The summed E-state index contributed by atoms with van der Waals surface area (Å²) in [7, 11) is 0. The lowest BCUT2D eigenvalue weighted by molar-refractivity contribution is -0.136. The highest BCUT2D eigenvalue weighted by Gasteiger charge is 2.22. The Bertz CT molecular complexity index is 534. The molecule has 0 aliphatic carbocycles. The average Bonchev–Trinajstić information content (AvgIpc) is 2.71. The second-order valence-electron chi connectivity index (χ2n) is 3.92. The number of imide groups is 1. The average molecular weight is 262 g/mol. The normalized spacial score (nSPS) is 14.1. The number of hydrogen-bond acceptors (Lipinski definition) is 3. The van der Waals surface area contributed by atoms with Gasteiger partial charge in [0.05, 0.1) is 0 Å². The predicted molar refractivity (Wildman–Crippen MR) is 64.6 cm³/mol. The van der Waals surface area contributed by atoms with E-state index in [1.54, 1.807) is 0 Å². The maximum Gasteiger partial charge on any atom is 0.253 e. The summed E-state index contributed by atoms with van der Waals surface area (Å²) in [5.41, 5.74) is 0.318. The fourth-order valence-electron chi connectivity index (χ4n) is 1.64. The summed E-state index contributed by atoms with van der Waals surface area (Å²) in [6.45, 7) is 0.257. The first-order valence-electron chi connectivity index (χ1n) is 5.65. The Labute approximate surface area is 108 Å². The van der Waals surface area contributed by atoms with E-state index in [1.807, 2.05) is 0 Å². The lowest BCUT2D eigenvalue weighted by Crippen LogP contribution is -2.38.